The van der Waals surface area contributed by atoms with Crippen molar-refractivity contribution in [1.29, 1.82) is 0 Å². The van der Waals surface area contributed by atoms with E-state index in [-0.39, 0.29) is 24.5 Å². The Morgan fingerprint density at radius 3 is 2.11 bits per heavy atom. The van der Waals surface area contributed by atoms with Crippen LogP contribution < -0.4 is 18.9 Å². The molecule has 3 rings (SSSR count). The van der Waals surface area contributed by atoms with Gasteiger partial charge in [-0.1, -0.05) is 31.5 Å². The first-order chi connectivity index (χ1) is 17.4. The van der Waals surface area contributed by atoms with Gasteiger partial charge in [0.25, 0.3) is 10.0 Å². The van der Waals surface area contributed by atoms with E-state index >= 15 is 0 Å². The number of para-hydroxylation sites is 1. The summed E-state index contributed by atoms with van der Waals surface area (Å²) in [7, 11) is -3.74. The highest BCUT2D eigenvalue weighted by atomic mass is 32.2. The molecule has 0 amide bonds. The lowest BCUT2D eigenvalue weighted by Gasteiger charge is -2.12. The Balaban J connectivity index is 1.47. The molecule has 0 bridgehead atoms. The molecule has 0 unspecified atom stereocenters. The zero-order valence-electron chi connectivity index (χ0n) is 20.2. The summed E-state index contributed by atoms with van der Waals surface area (Å²) in [6.45, 7) is 3.22. The second-order valence-electron chi connectivity index (χ2n) is 8.00. The average molecular weight is 514 g/mol. The Hall–Kier alpha value is -3.72. The number of sulfonamides is 1. The van der Waals surface area contributed by atoms with Gasteiger partial charge in [-0.05, 0) is 73.0 Å². The molecule has 3 aromatic rings. The zero-order valence-corrected chi connectivity index (χ0v) is 21.0. The van der Waals surface area contributed by atoms with Crippen LogP contribution >= 0.6 is 0 Å². The van der Waals surface area contributed by atoms with Gasteiger partial charge in [0, 0.05) is 12.1 Å². The van der Waals surface area contributed by atoms with Crippen LogP contribution in [0.4, 0.5) is 5.69 Å². The van der Waals surface area contributed by atoms with E-state index in [1.165, 1.54) is 12.1 Å². The molecule has 0 radical (unpaired) electrons. The first-order valence-electron chi connectivity index (χ1n) is 11.8. The molecule has 36 heavy (non-hydrogen) atoms. The van der Waals surface area contributed by atoms with Gasteiger partial charge in [0.2, 0.25) is 0 Å². The van der Waals surface area contributed by atoms with Crippen molar-refractivity contribution in [2.75, 3.05) is 24.5 Å². The molecule has 0 fully saturated rings. The SMILES string of the molecule is CCCCOc1ccc(S(=O)(=O)Nc2ccc(OCCOc3ccccc3CCC(=O)O)cc2)cc1. The minimum atomic E-state index is -3.74. The summed E-state index contributed by atoms with van der Waals surface area (Å²) >= 11 is 0. The van der Waals surface area contributed by atoms with E-state index < -0.39 is 16.0 Å². The van der Waals surface area contributed by atoms with Gasteiger partial charge < -0.3 is 19.3 Å². The maximum absolute atomic E-state index is 12.7. The Morgan fingerprint density at radius 1 is 0.833 bits per heavy atom. The molecule has 0 aliphatic carbocycles. The molecule has 0 aliphatic rings. The molecule has 3 aromatic carbocycles. The summed E-state index contributed by atoms with van der Waals surface area (Å²) in [4.78, 5) is 11.0. The van der Waals surface area contributed by atoms with Crippen molar-refractivity contribution < 1.29 is 32.5 Å². The van der Waals surface area contributed by atoms with Crippen LogP contribution in [0.1, 0.15) is 31.7 Å². The van der Waals surface area contributed by atoms with Crippen LogP contribution in [0.25, 0.3) is 0 Å². The number of benzene rings is 3. The zero-order chi connectivity index (χ0) is 25.8. The summed E-state index contributed by atoms with van der Waals surface area (Å²) in [6, 6.07) is 20.2. The summed E-state index contributed by atoms with van der Waals surface area (Å²) < 4.78 is 44.9. The molecule has 0 heterocycles. The third kappa shape index (κ3) is 8.49. The number of hydrogen-bond acceptors (Lipinski definition) is 6. The molecule has 0 atom stereocenters. The van der Waals surface area contributed by atoms with E-state index in [4.69, 9.17) is 19.3 Å². The van der Waals surface area contributed by atoms with Crippen LogP contribution in [0.3, 0.4) is 0 Å². The van der Waals surface area contributed by atoms with Gasteiger partial charge in [-0.25, -0.2) is 8.42 Å². The molecular formula is C27H31NO7S. The van der Waals surface area contributed by atoms with Crippen molar-refractivity contribution in [1.82, 2.24) is 0 Å². The Labute approximate surface area is 211 Å². The van der Waals surface area contributed by atoms with Gasteiger partial charge in [0.15, 0.2) is 0 Å². The second-order valence-corrected chi connectivity index (χ2v) is 9.68. The molecular weight excluding hydrogens is 482 g/mol. The number of nitrogens with one attached hydrogen (secondary N) is 1. The normalized spacial score (nSPS) is 11.0. The molecule has 2 N–H and O–H groups in total. The van der Waals surface area contributed by atoms with E-state index in [2.05, 4.69) is 11.6 Å². The standard InChI is InChI=1S/C27H31NO7S/c1-2-3-18-33-24-13-15-25(16-14-24)36(31,32)28-22-9-11-23(12-10-22)34-19-20-35-26-7-5-4-6-21(26)8-17-27(29)30/h4-7,9-16,28H,2-3,8,17-20H2,1H3,(H,29,30). The molecule has 0 saturated carbocycles. The third-order valence-electron chi connectivity index (χ3n) is 5.20. The van der Waals surface area contributed by atoms with Crippen molar-refractivity contribution in [2.45, 2.75) is 37.5 Å². The minimum Gasteiger partial charge on any atom is -0.494 e. The average Bonchev–Trinajstić information content (AvgIpc) is 2.87. The van der Waals surface area contributed by atoms with Crippen LogP contribution in [0, 0.1) is 0 Å². The lowest BCUT2D eigenvalue weighted by atomic mass is 10.1. The number of anilines is 1. The monoisotopic (exact) mass is 513 g/mol. The fraction of sp³-hybridized carbons (Fsp3) is 0.296. The molecule has 0 aromatic heterocycles. The van der Waals surface area contributed by atoms with E-state index in [1.807, 2.05) is 18.2 Å². The van der Waals surface area contributed by atoms with Gasteiger partial charge in [0.05, 0.1) is 11.5 Å². The molecule has 192 valence electrons. The summed E-state index contributed by atoms with van der Waals surface area (Å²) in [5.41, 5.74) is 1.24. The Kier molecular flexibility index (Phi) is 10.00. The predicted molar refractivity (Wildman–Crippen MR) is 137 cm³/mol. The van der Waals surface area contributed by atoms with E-state index in [0.717, 1.165) is 18.4 Å². The molecule has 0 aliphatic heterocycles. The summed E-state index contributed by atoms with van der Waals surface area (Å²) in [5, 5.41) is 8.89. The minimum absolute atomic E-state index is 0.0335. The number of unbranched alkanes of at least 4 members (excludes halogenated alkanes) is 1. The molecule has 9 heteroatoms. The van der Waals surface area contributed by atoms with Crippen LogP contribution in [-0.2, 0) is 21.2 Å². The number of aliphatic carboxylic acids is 1. The quantitative estimate of drug-likeness (QED) is 0.271. The third-order valence-corrected chi connectivity index (χ3v) is 6.59. The van der Waals surface area contributed by atoms with Crippen molar-refractivity contribution >= 4 is 21.7 Å². The number of carboxylic acid groups (broad SMARTS) is 1. The van der Waals surface area contributed by atoms with E-state index in [1.54, 1.807) is 42.5 Å². The van der Waals surface area contributed by atoms with E-state index in [9.17, 15) is 13.2 Å². The molecule has 0 spiro atoms. The highest BCUT2D eigenvalue weighted by molar-refractivity contribution is 7.92. The fourth-order valence-corrected chi connectivity index (χ4v) is 4.35. The number of carbonyl (C=O) groups is 1. The van der Waals surface area contributed by atoms with Gasteiger partial charge in [-0.15, -0.1) is 0 Å². The number of carboxylic acids is 1. The first-order valence-corrected chi connectivity index (χ1v) is 13.3. The predicted octanol–water partition coefficient (Wildman–Crippen LogP) is 5.14. The van der Waals surface area contributed by atoms with Gasteiger partial charge >= 0.3 is 5.97 Å². The van der Waals surface area contributed by atoms with Gasteiger partial charge in [0.1, 0.15) is 30.5 Å². The van der Waals surface area contributed by atoms with Gasteiger partial charge in [-0.3, -0.25) is 9.52 Å². The number of ether oxygens (including phenoxy) is 3. The highest BCUT2D eigenvalue weighted by Crippen LogP contribution is 2.22. The van der Waals surface area contributed by atoms with Crippen molar-refractivity contribution in [2.24, 2.45) is 0 Å². The second kappa shape index (κ2) is 13.4. The smallest absolute Gasteiger partial charge is 0.303 e. The van der Waals surface area contributed by atoms with Crippen molar-refractivity contribution in [3.05, 3.63) is 78.4 Å². The number of rotatable bonds is 15. The largest absolute Gasteiger partial charge is 0.494 e. The maximum Gasteiger partial charge on any atom is 0.303 e. The maximum atomic E-state index is 12.7. The number of aryl methyl sites for hydroxylation is 1. The lowest BCUT2D eigenvalue weighted by molar-refractivity contribution is -0.136. The van der Waals surface area contributed by atoms with Crippen LogP contribution in [0.15, 0.2) is 77.7 Å². The summed E-state index contributed by atoms with van der Waals surface area (Å²) in [6.07, 6.45) is 2.39. The summed E-state index contributed by atoms with van der Waals surface area (Å²) in [5.74, 6) is 0.975. The molecule has 0 saturated heterocycles. The molecule has 8 nitrogen and oxygen atoms in total. The Bertz CT molecular complexity index is 1210. The number of hydrogen-bond donors (Lipinski definition) is 2. The van der Waals surface area contributed by atoms with Crippen LogP contribution in [-0.4, -0.2) is 39.3 Å². The first kappa shape index (κ1) is 26.9. The van der Waals surface area contributed by atoms with Crippen LogP contribution in [0.5, 0.6) is 17.2 Å². The van der Waals surface area contributed by atoms with Crippen molar-refractivity contribution in [3.8, 4) is 17.2 Å². The lowest BCUT2D eigenvalue weighted by Crippen LogP contribution is -2.13. The van der Waals surface area contributed by atoms with E-state index in [0.29, 0.717) is 36.0 Å². The Morgan fingerprint density at radius 2 is 1.44 bits per heavy atom. The topological polar surface area (TPSA) is 111 Å². The fourth-order valence-electron chi connectivity index (χ4n) is 3.29. The van der Waals surface area contributed by atoms with Crippen LogP contribution in [0.2, 0.25) is 0 Å². The van der Waals surface area contributed by atoms with Crippen molar-refractivity contribution in [3.63, 3.8) is 0 Å². The highest BCUT2D eigenvalue weighted by Gasteiger charge is 2.14. The van der Waals surface area contributed by atoms with Gasteiger partial charge in [-0.2, -0.15) is 0 Å².